The van der Waals surface area contributed by atoms with Crippen molar-refractivity contribution in [1.82, 2.24) is 0 Å². The van der Waals surface area contributed by atoms with Crippen LogP contribution in [0.5, 0.6) is 0 Å². The molecule has 0 nitrogen and oxygen atoms in total. The highest BCUT2D eigenvalue weighted by Gasteiger charge is 2.25. The van der Waals surface area contributed by atoms with E-state index >= 15 is 0 Å². The first-order chi connectivity index (χ1) is 13.1. The smallest absolute Gasteiger partial charge is 0.00711 e. The quantitative estimate of drug-likeness (QED) is 0.536. The minimum Gasteiger partial charge on any atom is -0.0842 e. The molecular weight excluding hydrogens is 324 g/mol. The molecule has 0 spiro atoms. The Morgan fingerprint density at radius 2 is 1.70 bits per heavy atom. The van der Waals surface area contributed by atoms with Crippen molar-refractivity contribution in [2.24, 2.45) is 5.92 Å². The predicted octanol–water partition coefficient (Wildman–Crippen LogP) is 7.47. The topological polar surface area (TPSA) is 0 Å². The van der Waals surface area contributed by atoms with Gasteiger partial charge in [-0.15, -0.1) is 0 Å². The first-order valence-electron chi connectivity index (χ1n) is 10.4. The first kappa shape index (κ1) is 18.0. The van der Waals surface area contributed by atoms with Crippen LogP contribution in [-0.2, 0) is 6.42 Å². The monoisotopic (exact) mass is 354 g/mol. The van der Waals surface area contributed by atoms with Crippen LogP contribution in [0, 0.1) is 5.92 Å². The highest BCUT2D eigenvalue weighted by atomic mass is 14.3. The molecule has 0 heteroatoms. The van der Waals surface area contributed by atoms with Gasteiger partial charge in [0.05, 0.1) is 0 Å². The van der Waals surface area contributed by atoms with Crippen molar-refractivity contribution in [3.05, 3.63) is 100 Å². The fourth-order valence-corrected chi connectivity index (χ4v) is 4.54. The Hall–Kier alpha value is -2.34. The van der Waals surface area contributed by atoms with Gasteiger partial charge in [0, 0.05) is 0 Å². The van der Waals surface area contributed by atoms with E-state index in [9.17, 15) is 0 Å². The van der Waals surface area contributed by atoms with Crippen LogP contribution in [0.15, 0.2) is 77.9 Å². The Kier molecular flexibility index (Phi) is 5.16. The third kappa shape index (κ3) is 3.58. The van der Waals surface area contributed by atoms with Crippen LogP contribution in [0.3, 0.4) is 0 Å². The summed E-state index contributed by atoms with van der Waals surface area (Å²) < 4.78 is 0. The van der Waals surface area contributed by atoms with Gasteiger partial charge in [-0.05, 0) is 76.5 Å². The Morgan fingerprint density at radius 3 is 2.41 bits per heavy atom. The van der Waals surface area contributed by atoms with E-state index in [-0.39, 0.29) is 0 Å². The molecule has 0 aliphatic heterocycles. The van der Waals surface area contributed by atoms with Gasteiger partial charge in [-0.25, -0.2) is 0 Å². The zero-order valence-electron chi connectivity index (χ0n) is 16.8. The summed E-state index contributed by atoms with van der Waals surface area (Å²) in [4.78, 5) is 0. The van der Waals surface area contributed by atoms with Gasteiger partial charge in [0.15, 0.2) is 0 Å². The maximum absolute atomic E-state index is 2.42. The van der Waals surface area contributed by atoms with Crippen molar-refractivity contribution in [1.29, 1.82) is 0 Å². The molecule has 0 saturated carbocycles. The van der Waals surface area contributed by atoms with Crippen molar-refractivity contribution in [3.8, 4) is 0 Å². The highest BCUT2D eigenvalue weighted by Crippen LogP contribution is 2.42. The molecular formula is C27H30. The SMILES string of the molecule is CC1CCc2ccccc2C(c2ccc(C(C)C)cc2)=C1C1=CC=CCC1. The van der Waals surface area contributed by atoms with E-state index in [1.54, 1.807) is 5.57 Å². The lowest BCUT2D eigenvalue weighted by Crippen LogP contribution is -2.07. The van der Waals surface area contributed by atoms with Gasteiger partial charge in [0.25, 0.3) is 0 Å². The third-order valence-electron chi connectivity index (χ3n) is 6.12. The van der Waals surface area contributed by atoms with Crippen LogP contribution in [0.1, 0.15) is 68.2 Å². The summed E-state index contributed by atoms with van der Waals surface area (Å²) in [5.41, 5.74) is 10.3. The average molecular weight is 355 g/mol. The van der Waals surface area contributed by atoms with Gasteiger partial charge >= 0.3 is 0 Å². The standard InChI is InChI=1S/C27H30/c1-19(2)21-15-17-24(18-16-21)27-25-12-8-7-9-22(25)14-13-20(3)26(27)23-10-5-4-6-11-23/h4-5,7-10,12,15-20H,6,11,13-14H2,1-3H3. The van der Waals surface area contributed by atoms with E-state index in [4.69, 9.17) is 0 Å². The molecule has 2 aromatic carbocycles. The normalized spacial score (nSPS) is 19.7. The van der Waals surface area contributed by atoms with Gasteiger partial charge in [0.1, 0.15) is 0 Å². The second-order valence-electron chi connectivity index (χ2n) is 8.32. The van der Waals surface area contributed by atoms with Crippen molar-refractivity contribution in [2.45, 2.75) is 52.4 Å². The Labute approximate surface area is 164 Å². The summed E-state index contributed by atoms with van der Waals surface area (Å²) >= 11 is 0. The van der Waals surface area contributed by atoms with E-state index in [1.807, 2.05) is 0 Å². The summed E-state index contributed by atoms with van der Waals surface area (Å²) in [5.74, 6) is 1.15. The molecule has 2 aliphatic carbocycles. The van der Waals surface area contributed by atoms with Gasteiger partial charge in [-0.2, -0.15) is 0 Å². The number of aryl methyl sites for hydroxylation is 1. The van der Waals surface area contributed by atoms with Crippen LogP contribution in [0.4, 0.5) is 0 Å². The number of hydrogen-bond acceptors (Lipinski definition) is 0. The largest absolute Gasteiger partial charge is 0.0842 e. The molecule has 2 aliphatic rings. The lowest BCUT2D eigenvalue weighted by molar-refractivity contribution is 0.620. The van der Waals surface area contributed by atoms with Crippen LogP contribution < -0.4 is 0 Å². The zero-order chi connectivity index (χ0) is 18.8. The van der Waals surface area contributed by atoms with E-state index in [0.717, 1.165) is 19.3 Å². The minimum atomic E-state index is 0.569. The Bertz CT molecular complexity index is 903. The number of rotatable bonds is 3. The fourth-order valence-electron chi connectivity index (χ4n) is 4.54. The third-order valence-corrected chi connectivity index (χ3v) is 6.12. The molecule has 0 saturated heterocycles. The van der Waals surface area contributed by atoms with Crippen LogP contribution >= 0.6 is 0 Å². The summed E-state index contributed by atoms with van der Waals surface area (Å²) in [6.07, 6.45) is 11.6. The van der Waals surface area contributed by atoms with E-state index in [2.05, 4.69) is 87.5 Å². The molecule has 0 N–H and O–H groups in total. The van der Waals surface area contributed by atoms with Crippen molar-refractivity contribution >= 4 is 5.57 Å². The molecule has 1 atom stereocenters. The average Bonchev–Trinajstić information content (AvgIpc) is 2.85. The molecule has 138 valence electrons. The second kappa shape index (κ2) is 7.72. The predicted molar refractivity (Wildman–Crippen MR) is 117 cm³/mol. The van der Waals surface area contributed by atoms with Gasteiger partial charge in [-0.3, -0.25) is 0 Å². The van der Waals surface area contributed by atoms with Crippen molar-refractivity contribution in [2.75, 3.05) is 0 Å². The summed E-state index contributed by atoms with van der Waals surface area (Å²) in [6, 6.07) is 18.4. The number of benzene rings is 2. The maximum Gasteiger partial charge on any atom is -0.00711 e. The molecule has 27 heavy (non-hydrogen) atoms. The number of hydrogen-bond donors (Lipinski definition) is 0. The minimum absolute atomic E-state index is 0.569. The lowest BCUT2D eigenvalue weighted by atomic mass is 9.81. The van der Waals surface area contributed by atoms with E-state index in [1.165, 1.54) is 39.8 Å². The second-order valence-corrected chi connectivity index (χ2v) is 8.32. The van der Waals surface area contributed by atoms with E-state index < -0.39 is 0 Å². The van der Waals surface area contributed by atoms with Gasteiger partial charge < -0.3 is 0 Å². The highest BCUT2D eigenvalue weighted by molar-refractivity contribution is 5.87. The van der Waals surface area contributed by atoms with Crippen LogP contribution in [0.2, 0.25) is 0 Å². The molecule has 0 aromatic heterocycles. The summed E-state index contributed by atoms with van der Waals surface area (Å²) in [7, 11) is 0. The molecule has 2 aromatic rings. The Morgan fingerprint density at radius 1 is 0.926 bits per heavy atom. The lowest BCUT2D eigenvalue weighted by Gasteiger charge is -2.23. The van der Waals surface area contributed by atoms with Crippen molar-refractivity contribution in [3.63, 3.8) is 0 Å². The van der Waals surface area contributed by atoms with Crippen LogP contribution in [-0.4, -0.2) is 0 Å². The molecule has 0 bridgehead atoms. The Balaban J connectivity index is 1.96. The number of allylic oxidation sites excluding steroid dienone is 5. The maximum atomic E-state index is 2.42. The molecule has 0 amide bonds. The van der Waals surface area contributed by atoms with E-state index in [0.29, 0.717) is 11.8 Å². The van der Waals surface area contributed by atoms with Gasteiger partial charge in [0.2, 0.25) is 0 Å². The van der Waals surface area contributed by atoms with Crippen molar-refractivity contribution < 1.29 is 0 Å². The first-order valence-corrected chi connectivity index (χ1v) is 10.4. The molecule has 0 heterocycles. The molecule has 1 unspecified atom stereocenters. The molecule has 4 rings (SSSR count). The molecule has 0 fully saturated rings. The van der Waals surface area contributed by atoms with Crippen LogP contribution in [0.25, 0.3) is 5.57 Å². The summed E-state index contributed by atoms with van der Waals surface area (Å²) in [6.45, 7) is 6.95. The zero-order valence-corrected chi connectivity index (χ0v) is 16.8. The number of fused-ring (bicyclic) bond motifs is 1. The fraction of sp³-hybridized carbons (Fsp3) is 0.333. The molecule has 0 radical (unpaired) electrons. The van der Waals surface area contributed by atoms with Gasteiger partial charge in [-0.1, -0.05) is 87.5 Å². The summed E-state index contributed by atoms with van der Waals surface area (Å²) in [5, 5.41) is 0.